The lowest BCUT2D eigenvalue weighted by Gasteiger charge is -2.13. The molecule has 0 aliphatic rings. The Kier molecular flexibility index (Phi) is 5.58. The van der Waals surface area contributed by atoms with Crippen LogP contribution in [0.1, 0.15) is 20.8 Å². The first-order chi connectivity index (χ1) is 8.58. The molecule has 1 atom stereocenters. The fourth-order valence-electron chi connectivity index (χ4n) is 1.57. The summed E-state index contributed by atoms with van der Waals surface area (Å²) in [6.07, 6.45) is 1.67. The Morgan fingerprint density at radius 3 is 2.72 bits per heavy atom. The second-order valence-electron chi connectivity index (χ2n) is 4.24. The van der Waals surface area contributed by atoms with Crippen LogP contribution < -0.4 is 16.2 Å². The standard InChI is InChI=1S/C13H21N3O2/c1-4-14-8-10(3)13(18)15-11-6-7-12(17)16(5-2)9-11/h6-7,9-10,14H,4-5,8H2,1-3H3,(H,15,18). The number of nitrogens with zero attached hydrogens (tertiary/aromatic N) is 1. The molecule has 0 aliphatic heterocycles. The van der Waals surface area contributed by atoms with E-state index in [1.807, 2.05) is 20.8 Å². The third-order valence-corrected chi connectivity index (χ3v) is 2.74. The van der Waals surface area contributed by atoms with Crippen molar-refractivity contribution in [3.63, 3.8) is 0 Å². The molecule has 1 aromatic heterocycles. The van der Waals surface area contributed by atoms with Gasteiger partial charge in [0.25, 0.3) is 5.56 Å². The Bertz CT molecular complexity index is 454. The first kappa shape index (κ1) is 14.4. The molecule has 1 rings (SSSR count). The first-order valence-electron chi connectivity index (χ1n) is 6.30. The van der Waals surface area contributed by atoms with Gasteiger partial charge >= 0.3 is 0 Å². The molecule has 1 unspecified atom stereocenters. The molecule has 2 N–H and O–H groups in total. The smallest absolute Gasteiger partial charge is 0.250 e. The summed E-state index contributed by atoms with van der Waals surface area (Å²) < 4.78 is 1.56. The number of aryl methyl sites for hydroxylation is 1. The lowest BCUT2D eigenvalue weighted by molar-refractivity contribution is -0.119. The molecule has 0 bridgehead atoms. The van der Waals surface area contributed by atoms with Gasteiger partial charge < -0.3 is 15.2 Å². The molecule has 0 fully saturated rings. The molecule has 1 aromatic rings. The molecule has 1 heterocycles. The molecule has 1 amide bonds. The van der Waals surface area contributed by atoms with Crippen molar-refractivity contribution < 1.29 is 4.79 Å². The topological polar surface area (TPSA) is 63.1 Å². The van der Waals surface area contributed by atoms with Gasteiger partial charge in [0.05, 0.1) is 5.69 Å². The number of aromatic nitrogens is 1. The van der Waals surface area contributed by atoms with Crippen LogP contribution in [-0.4, -0.2) is 23.6 Å². The highest BCUT2D eigenvalue weighted by molar-refractivity contribution is 5.92. The highest BCUT2D eigenvalue weighted by atomic mass is 16.2. The second-order valence-corrected chi connectivity index (χ2v) is 4.24. The van der Waals surface area contributed by atoms with Crippen molar-refractivity contribution >= 4 is 11.6 Å². The molecule has 100 valence electrons. The summed E-state index contributed by atoms with van der Waals surface area (Å²) in [5.41, 5.74) is 0.598. The predicted molar refractivity (Wildman–Crippen MR) is 72.7 cm³/mol. The van der Waals surface area contributed by atoms with E-state index in [-0.39, 0.29) is 17.4 Å². The number of hydrogen-bond donors (Lipinski definition) is 2. The molecule has 0 spiro atoms. The van der Waals surface area contributed by atoms with Crippen molar-refractivity contribution in [1.82, 2.24) is 9.88 Å². The zero-order chi connectivity index (χ0) is 13.5. The largest absolute Gasteiger partial charge is 0.325 e. The van der Waals surface area contributed by atoms with Crippen molar-refractivity contribution in [1.29, 1.82) is 0 Å². The van der Waals surface area contributed by atoms with Crippen LogP contribution in [0.2, 0.25) is 0 Å². The fourth-order valence-corrected chi connectivity index (χ4v) is 1.57. The maximum absolute atomic E-state index is 11.9. The van der Waals surface area contributed by atoms with E-state index in [0.717, 1.165) is 6.54 Å². The normalized spacial score (nSPS) is 12.2. The van der Waals surface area contributed by atoms with E-state index in [9.17, 15) is 9.59 Å². The van der Waals surface area contributed by atoms with Crippen LogP contribution in [-0.2, 0) is 11.3 Å². The van der Waals surface area contributed by atoms with Gasteiger partial charge in [0.2, 0.25) is 5.91 Å². The third kappa shape index (κ3) is 4.00. The molecule has 5 heteroatoms. The van der Waals surface area contributed by atoms with Gasteiger partial charge in [-0.2, -0.15) is 0 Å². The average molecular weight is 251 g/mol. The van der Waals surface area contributed by atoms with Crippen molar-refractivity contribution in [3.8, 4) is 0 Å². The van der Waals surface area contributed by atoms with Crippen LogP contribution in [0.5, 0.6) is 0 Å². The Labute approximate surface area is 107 Å². The Morgan fingerprint density at radius 1 is 1.39 bits per heavy atom. The van der Waals surface area contributed by atoms with E-state index in [1.165, 1.54) is 6.07 Å². The summed E-state index contributed by atoms with van der Waals surface area (Å²) in [6.45, 7) is 7.85. The molecular formula is C13H21N3O2. The third-order valence-electron chi connectivity index (χ3n) is 2.74. The molecule has 5 nitrogen and oxygen atoms in total. The minimum Gasteiger partial charge on any atom is -0.325 e. The van der Waals surface area contributed by atoms with Crippen LogP contribution in [0.15, 0.2) is 23.1 Å². The summed E-state index contributed by atoms with van der Waals surface area (Å²) in [6, 6.07) is 3.10. The molecular weight excluding hydrogens is 230 g/mol. The van der Waals surface area contributed by atoms with Gasteiger partial charge in [0, 0.05) is 31.3 Å². The maximum atomic E-state index is 11.9. The quantitative estimate of drug-likeness (QED) is 0.794. The van der Waals surface area contributed by atoms with Crippen molar-refractivity contribution in [2.24, 2.45) is 5.92 Å². The number of amides is 1. The zero-order valence-corrected chi connectivity index (χ0v) is 11.2. The molecule has 0 saturated carbocycles. The van der Waals surface area contributed by atoms with E-state index in [0.29, 0.717) is 18.8 Å². The minimum atomic E-state index is -0.105. The monoisotopic (exact) mass is 251 g/mol. The molecule has 0 radical (unpaired) electrons. The van der Waals surface area contributed by atoms with Crippen LogP contribution in [0, 0.1) is 5.92 Å². The van der Waals surface area contributed by atoms with Crippen LogP contribution in [0.25, 0.3) is 0 Å². The van der Waals surface area contributed by atoms with Crippen molar-refractivity contribution in [3.05, 3.63) is 28.7 Å². The van der Waals surface area contributed by atoms with Gasteiger partial charge in [-0.1, -0.05) is 13.8 Å². The minimum absolute atomic E-state index is 0.0442. The molecule has 0 saturated heterocycles. The van der Waals surface area contributed by atoms with Crippen molar-refractivity contribution in [2.75, 3.05) is 18.4 Å². The zero-order valence-electron chi connectivity index (χ0n) is 11.2. The second kappa shape index (κ2) is 6.96. The highest BCUT2D eigenvalue weighted by Crippen LogP contribution is 2.06. The van der Waals surface area contributed by atoms with Gasteiger partial charge in [0.1, 0.15) is 0 Å². The number of carbonyl (C=O) groups excluding carboxylic acids is 1. The summed E-state index contributed by atoms with van der Waals surface area (Å²) in [5, 5.41) is 5.94. The average Bonchev–Trinajstić information content (AvgIpc) is 2.37. The number of anilines is 1. The lowest BCUT2D eigenvalue weighted by atomic mass is 10.1. The summed E-state index contributed by atoms with van der Waals surface area (Å²) in [7, 11) is 0. The van der Waals surface area contributed by atoms with Gasteiger partial charge in [-0.05, 0) is 19.5 Å². The van der Waals surface area contributed by atoms with E-state index in [4.69, 9.17) is 0 Å². The van der Waals surface area contributed by atoms with Crippen molar-refractivity contribution in [2.45, 2.75) is 27.3 Å². The van der Waals surface area contributed by atoms with Crippen LogP contribution in [0.4, 0.5) is 5.69 Å². The highest BCUT2D eigenvalue weighted by Gasteiger charge is 2.12. The van der Waals surface area contributed by atoms with Gasteiger partial charge in [-0.25, -0.2) is 0 Å². The number of hydrogen-bond acceptors (Lipinski definition) is 3. The number of rotatable bonds is 6. The van der Waals surface area contributed by atoms with Crippen LogP contribution in [0.3, 0.4) is 0 Å². The van der Waals surface area contributed by atoms with Gasteiger partial charge in [0.15, 0.2) is 0 Å². The first-order valence-corrected chi connectivity index (χ1v) is 6.30. The Balaban J connectivity index is 2.67. The van der Waals surface area contributed by atoms with E-state index < -0.39 is 0 Å². The number of carbonyl (C=O) groups is 1. The number of pyridine rings is 1. The van der Waals surface area contributed by atoms with Crippen LogP contribution >= 0.6 is 0 Å². The summed E-state index contributed by atoms with van der Waals surface area (Å²) in [4.78, 5) is 23.3. The van der Waals surface area contributed by atoms with E-state index >= 15 is 0 Å². The lowest BCUT2D eigenvalue weighted by Crippen LogP contribution is -2.30. The van der Waals surface area contributed by atoms with Gasteiger partial charge in [-0.15, -0.1) is 0 Å². The Morgan fingerprint density at radius 2 is 2.11 bits per heavy atom. The van der Waals surface area contributed by atoms with E-state index in [2.05, 4.69) is 10.6 Å². The molecule has 0 aliphatic carbocycles. The predicted octanol–water partition coefficient (Wildman–Crippen LogP) is 1.05. The summed E-state index contributed by atoms with van der Waals surface area (Å²) >= 11 is 0. The Hall–Kier alpha value is -1.62. The molecule has 0 aromatic carbocycles. The SMILES string of the molecule is CCNCC(C)C(=O)Nc1ccc(=O)n(CC)c1. The maximum Gasteiger partial charge on any atom is 0.250 e. The van der Waals surface area contributed by atoms with E-state index in [1.54, 1.807) is 16.8 Å². The summed E-state index contributed by atoms with van der Waals surface area (Å²) in [5.74, 6) is -0.149. The molecule has 18 heavy (non-hydrogen) atoms. The van der Waals surface area contributed by atoms with Gasteiger partial charge in [-0.3, -0.25) is 9.59 Å². The fraction of sp³-hybridized carbons (Fsp3) is 0.538. The number of nitrogens with one attached hydrogen (secondary N) is 2.